The summed E-state index contributed by atoms with van der Waals surface area (Å²) in [6, 6.07) is 9.76. The summed E-state index contributed by atoms with van der Waals surface area (Å²) in [6.45, 7) is 4.32. The molecule has 168 valence electrons. The van der Waals surface area contributed by atoms with Crippen LogP contribution in [0.25, 0.3) is 5.76 Å². The smallest absolute Gasteiger partial charge is 0.295 e. The molecule has 0 bridgehead atoms. The molecule has 2 fully saturated rings. The van der Waals surface area contributed by atoms with Gasteiger partial charge in [-0.1, -0.05) is 18.2 Å². The molecule has 4 rings (SSSR count). The average molecular weight is 437 g/mol. The molecule has 2 aromatic rings. The second kappa shape index (κ2) is 9.93. The highest BCUT2D eigenvalue weighted by atomic mass is 16.5. The number of methoxy groups -OCH3 is 1. The van der Waals surface area contributed by atoms with E-state index in [0.29, 0.717) is 43.1 Å². The van der Waals surface area contributed by atoms with Gasteiger partial charge in [0, 0.05) is 49.7 Å². The Labute approximate surface area is 187 Å². The predicted molar refractivity (Wildman–Crippen MR) is 118 cm³/mol. The van der Waals surface area contributed by atoms with Crippen LogP contribution in [0.4, 0.5) is 0 Å². The van der Waals surface area contributed by atoms with Crippen molar-refractivity contribution < 1.29 is 24.2 Å². The Morgan fingerprint density at radius 1 is 1.12 bits per heavy atom. The van der Waals surface area contributed by atoms with Crippen LogP contribution in [0.5, 0.6) is 5.75 Å². The summed E-state index contributed by atoms with van der Waals surface area (Å²) in [6.07, 6.45) is 3.77. The molecule has 2 aliphatic heterocycles. The lowest BCUT2D eigenvalue weighted by atomic mass is 9.95. The predicted octanol–water partition coefficient (Wildman–Crippen LogP) is 2.23. The van der Waals surface area contributed by atoms with Gasteiger partial charge in [-0.3, -0.25) is 19.5 Å². The first-order valence-electron chi connectivity index (χ1n) is 10.7. The number of carbonyl (C=O) groups is 2. The molecule has 32 heavy (non-hydrogen) atoms. The number of likely N-dealkylation sites (tertiary alicyclic amines) is 1. The number of aliphatic hydroxyl groups is 1. The second-order valence-corrected chi connectivity index (χ2v) is 7.78. The van der Waals surface area contributed by atoms with E-state index in [-0.39, 0.29) is 11.3 Å². The van der Waals surface area contributed by atoms with Gasteiger partial charge in [-0.25, -0.2) is 0 Å². The third kappa shape index (κ3) is 4.37. The lowest BCUT2D eigenvalue weighted by molar-refractivity contribution is -0.140. The van der Waals surface area contributed by atoms with E-state index in [0.717, 1.165) is 19.6 Å². The number of ether oxygens (including phenoxy) is 2. The first kappa shape index (κ1) is 22.0. The Hall–Kier alpha value is -3.23. The summed E-state index contributed by atoms with van der Waals surface area (Å²) >= 11 is 0. The van der Waals surface area contributed by atoms with E-state index in [1.807, 2.05) is 18.2 Å². The number of amides is 1. The van der Waals surface area contributed by atoms with Gasteiger partial charge >= 0.3 is 0 Å². The zero-order valence-electron chi connectivity index (χ0n) is 18.1. The standard InChI is InChI=1S/C24H27N3O5/c1-31-19-6-3-2-5-18(19)21-20(22(28)17-7-9-25-10-8-17)23(29)24(30)27(21)12-4-11-26-13-15-32-16-14-26/h2-3,5-10,21,28H,4,11-16H2,1H3/t21-/m0/s1. The van der Waals surface area contributed by atoms with E-state index in [4.69, 9.17) is 9.47 Å². The third-order valence-corrected chi connectivity index (χ3v) is 5.90. The molecular formula is C24H27N3O5. The number of carbonyl (C=O) groups excluding carboxylic acids is 2. The minimum Gasteiger partial charge on any atom is -0.507 e. The van der Waals surface area contributed by atoms with Crippen molar-refractivity contribution >= 4 is 17.4 Å². The fraction of sp³-hybridized carbons (Fsp3) is 0.375. The first-order valence-corrected chi connectivity index (χ1v) is 10.7. The van der Waals surface area contributed by atoms with Gasteiger partial charge in [0.1, 0.15) is 11.5 Å². The Bertz CT molecular complexity index is 1000. The molecule has 1 aromatic carbocycles. The Kier molecular flexibility index (Phi) is 6.82. The first-order chi connectivity index (χ1) is 15.6. The highest BCUT2D eigenvalue weighted by molar-refractivity contribution is 6.46. The summed E-state index contributed by atoms with van der Waals surface area (Å²) in [5.41, 5.74) is 1.17. The summed E-state index contributed by atoms with van der Waals surface area (Å²) in [5, 5.41) is 11.0. The van der Waals surface area contributed by atoms with Crippen LogP contribution >= 0.6 is 0 Å². The van der Waals surface area contributed by atoms with E-state index in [9.17, 15) is 14.7 Å². The minimum atomic E-state index is -0.732. The van der Waals surface area contributed by atoms with Crippen LogP contribution in [0.2, 0.25) is 0 Å². The number of aliphatic hydroxyl groups excluding tert-OH is 1. The molecule has 1 atom stereocenters. The van der Waals surface area contributed by atoms with Crippen LogP contribution < -0.4 is 4.74 Å². The normalized spacial score (nSPS) is 21.2. The fourth-order valence-electron chi connectivity index (χ4n) is 4.28. The molecule has 0 spiro atoms. The number of morpholine rings is 1. The van der Waals surface area contributed by atoms with Gasteiger partial charge in [0.25, 0.3) is 11.7 Å². The van der Waals surface area contributed by atoms with Gasteiger partial charge in [-0.05, 0) is 24.6 Å². The van der Waals surface area contributed by atoms with E-state index in [1.54, 1.807) is 30.2 Å². The highest BCUT2D eigenvalue weighted by Crippen LogP contribution is 2.42. The SMILES string of the molecule is COc1ccccc1[C@H]1C(=C(O)c2ccncc2)C(=O)C(=O)N1CCCN1CCOCC1. The number of hydrogen-bond donors (Lipinski definition) is 1. The zero-order valence-corrected chi connectivity index (χ0v) is 18.1. The van der Waals surface area contributed by atoms with Crippen LogP contribution in [0.1, 0.15) is 23.6 Å². The molecule has 1 aromatic heterocycles. The van der Waals surface area contributed by atoms with Crippen LogP contribution in [0, 0.1) is 0 Å². The number of aromatic nitrogens is 1. The zero-order chi connectivity index (χ0) is 22.5. The maximum atomic E-state index is 13.1. The van der Waals surface area contributed by atoms with Crippen LogP contribution in [-0.4, -0.2) is 78.1 Å². The van der Waals surface area contributed by atoms with Crippen LogP contribution in [-0.2, 0) is 14.3 Å². The number of hydrogen-bond acceptors (Lipinski definition) is 7. The Balaban J connectivity index is 1.69. The lowest BCUT2D eigenvalue weighted by Crippen LogP contribution is -2.39. The van der Waals surface area contributed by atoms with Crippen molar-refractivity contribution in [3.8, 4) is 5.75 Å². The molecule has 1 N–H and O–H groups in total. The highest BCUT2D eigenvalue weighted by Gasteiger charge is 2.46. The van der Waals surface area contributed by atoms with Gasteiger partial charge < -0.3 is 19.5 Å². The maximum absolute atomic E-state index is 13.1. The van der Waals surface area contributed by atoms with Crippen molar-refractivity contribution in [2.45, 2.75) is 12.5 Å². The quantitative estimate of drug-likeness (QED) is 0.403. The fourth-order valence-corrected chi connectivity index (χ4v) is 4.28. The van der Waals surface area contributed by atoms with E-state index in [1.165, 1.54) is 12.4 Å². The van der Waals surface area contributed by atoms with E-state index in [2.05, 4.69) is 9.88 Å². The van der Waals surface area contributed by atoms with Gasteiger partial charge in [-0.15, -0.1) is 0 Å². The molecule has 0 radical (unpaired) electrons. The van der Waals surface area contributed by atoms with E-state index < -0.39 is 17.7 Å². The summed E-state index contributed by atoms with van der Waals surface area (Å²) in [5.74, 6) is -0.962. The molecule has 1 amide bonds. The lowest BCUT2D eigenvalue weighted by Gasteiger charge is -2.29. The number of ketones is 1. The number of nitrogens with zero attached hydrogens (tertiary/aromatic N) is 3. The van der Waals surface area contributed by atoms with Crippen molar-refractivity contribution in [3.05, 3.63) is 65.5 Å². The van der Waals surface area contributed by atoms with Crippen molar-refractivity contribution in [1.82, 2.24) is 14.8 Å². The topological polar surface area (TPSA) is 92.2 Å². The second-order valence-electron chi connectivity index (χ2n) is 7.78. The number of pyridine rings is 1. The summed E-state index contributed by atoms with van der Waals surface area (Å²) in [4.78, 5) is 33.9. The molecule has 8 heteroatoms. The van der Waals surface area contributed by atoms with Crippen LogP contribution in [0.3, 0.4) is 0 Å². The summed E-state index contributed by atoms with van der Waals surface area (Å²) in [7, 11) is 1.55. The molecule has 2 saturated heterocycles. The maximum Gasteiger partial charge on any atom is 0.295 e. The van der Waals surface area contributed by atoms with Crippen molar-refractivity contribution in [2.75, 3.05) is 46.5 Å². The number of rotatable bonds is 7. The van der Waals surface area contributed by atoms with Crippen LogP contribution in [0.15, 0.2) is 54.4 Å². The number of Topliss-reactive ketones (excluding diaryl/α,β-unsaturated/α-hetero) is 1. The molecule has 8 nitrogen and oxygen atoms in total. The number of para-hydroxylation sites is 1. The van der Waals surface area contributed by atoms with Crippen molar-refractivity contribution in [2.24, 2.45) is 0 Å². The summed E-state index contributed by atoms with van der Waals surface area (Å²) < 4.78 is 10.9. The average Bonchev–Trinajstić information content (AvgIpc) is 3.09. The van der Waals surface area contributed by atoms with E-state index >= 15 is 0 Å². The monoisotopic (exact) mass is 437 g/mol. The molecule has 3 heterocycles. The van der Waals surface area contributed by atoms with Crippen molar-refractivity contribution in [1.29, 1.82) is 0 Å². The van der Waals surface area contributed by atoms with Gasteiger partial charge in [0.15, 0.2) is 0 Å². The Morgan fingerprint density at radius 3 is 2.56 bits per heavy atom. The Morgan fingerprint density at radius 2 is 1.84 bits per heavy atom. The molecule has 0 saturated carbocycles. The molecule has 2 aliphatic rings. The molecular weight excluding hydrogens is 410 g/mol. The molecule has 0 aliphatic carbocycles. The molecule has 0 unspecified atom stereocenters. The van der Waals surface area contributed by atoms with Gasteiger partial charge in [0.2, 0.25) is 0 Å². The van der Waals surface area contributed by atoms with Gasteiger partial charge in [0.05, 0.1) is 31.9 Å². The third-order valence-electron chi connectivity index (χ3n) is 5.90. The van der Waals surface area contributed by atoms with Gasteiger partial charge in [-0.2, -0.15) is 0 Å². The minimum absolute atomic E-state index is 0.0667. The largest absolute Gasteiger partial charge is 0.507 e. The van der Waals surface area contributed by atoms with Crippen molar-refractivity contribution in [3.63, 3.8) is 0 Å². The number of benzene rings is 1.